The Morgan fingerprint density at radius 3 is 2.38 bits per heavy atom. The normalized spacial score (nSPS) is 15.4. The third-order valence-corrected chi connectivity index (χ3v) is 5.39. The largest absolute Gasteiger partial charge is 0.489 e. The minimum absolute atomic E-state index is 0.155. The van der Waals surface area contributed by atoms with Gasteiger partial charge in [-0.2, -0.15) is 0 Å². The van der Waals surface area contributed by atoms with Crippen molar-refractivity contribution < 1.29 is 9.53 Å². The zero-order valence-corrected chi connectivity index (χ0v) is 17.6. The second-order valence-corrected chi connectivity index (χ2v) is 8.06. The lowest BCUT2D eigenvalue weighted by atomic mass is 9.95. The van der Waals surface area contributed by atoms with Crippen LogP contribution >= 0.6 is 0 Å². The van der Waals surface area contributed by atoms with Crippen LogP contribution in [0.25, 0.3) is 0 Å². The molecule has 1 heterocycles. The van der Waals surface area contributed by atoms with Crippen LogP contribution in [0.5, 0.6) is 5.75 Å². The summed E-state index contributed by atoms with van der Waals surface area (Å²) in [6, 6.07) is 18.6. The van der Waals surface area contributed by atoms with Gasteiger partial charge in [0.05, 0.1) is 0 Å². The first-order chi connectivity index (χ1) is 14.1. The van der Waals surface area contributed by atoms with Crippen molar-refractivity contribution in [3.05, 3.63) is 65.7 Å². The number of likely N-dealkylation sites (tertiary alicyclic amines) is 1. The molecule has 156 valence electrons. The van der Waals surface area contributed by atoms with Gasteiger partial charge in [0.25, 0.3) is 0 Å². The molecule has 1 saturated heterocycles. The molecule has 1 fully saturated rings. The number of carbonyl (C=O) groups is 1. The van der Waals surface area contributed by atoms with Crippen LogP contribution in [0.3, 0.4) is 0 Å². The van der Waals surface area contributed by atoms with Crippen molar-refractivity contribution in [1.29, 1.82) is 0 Å². The van der Waals surface area contributed by atoms with Gasteiger partial charge >= 0.3 is 0 Å². The van der Waals surface area contributed by atoms with Gasteiger partial charge in [-0.1, -0.05) is 42.5 Å². The third-order valence-electron chi connectivity index (χ3n) is 5.39. The Labute approximate surface area is 174 Å². The monoisotopic (exact) mass is 395 g/mol. The molecule has 1 amide bonds. The highest BCUT2D eigenvalue weighted by atomic mass is 16.5. The molecule has 0 spiro atoms. The number of piperidine rings is 1. The maximum Gasteiger partial charge on any atom is 0.223 e. The van der Waals surface area contributed by atoms with E-state index in [-0.39, 0.29) is 11.8 Å². The summed E-state index contributed by atoms with van der Waals surface area (Å²) in [4.78, 5) is 16.8. The summed E-state index contributed by atoms with van der Waals surface area (Å²) in [6.07, 6.45) is 1.87. The van der Waals surface area contributed by atoms with Gasteiger partial charge in [-0.15, -0.1) is 0 Å². The van der Waals surface area contributed by atoms with E-state index in [0.717, 1.165) is 51.3 Å². The molecule has 1 N–H and O–H groups in total. The highest BCUT2D eigenvalue weighted by Gasteiger charge is 2.24. The fourth-order valence-corrected chi connectivity index (χ4v) is 3.59. The number of likely N-dealkylation sites (N-methyl/N-ethyl adjacent to an activating group) is 1. The van der Waals surface area contributed by atoms with Crippen LogP contribution in [0.1, 0.15) is 24.0 Å². The average Bonchev–Trinajstić information content (AvgIpc) is 2.74. The number of hydrogen-bond donors (Lipinski definition) is 1. The van der Waals surface area contributed by atoms with Crippen molar-refractivity contribution in [2.75, 3.05) is 40.3 Å². The van der Waals surface area contributed by atoms with Gasteiger partial charge < -0.3 is 15.0 Å². The van der Waals surface area contributed by atoms with Crippen molar-refractivity contribution in [3.63, 3.8) is 0 Å². The molecular formula is C24H33N3O2. The number of ether oxygens (including phenoxy) is 1. The van der Waals surface area contributed by atoms with Crippen LogP contribution in [0.2, 0.25) is 0 Å². The molecule has 0 aliphatic carbocycles. The van der Waals surface area contributed by atoms with Crippen molar-refractivity contribution in [2.24, 2.45) is 5.92 Å². The quantitative estimate of drug-likeness (QED) is 0.708. The van der Waals surface area contributed by atoms with Crippen LogP contribution in [0, 0.1) is 5.92 Å². The van der Waals surface area contributed by atoms with Gasteiger partial charge in [-0.3, -0.25) is 9.69 Å². The standard InChI is InChI=1S/C24H33N3O2/c1-26(2)17-14-25-24(28)22-12-15-27(16-13-22)18-20-8-10-23(11-9-20)29-19-21-6-4-3-5-7-21/h3-11,22H,12-19H2,1-2H3,(H,25,28). The Bertz CT molecular complexity index is 738. The van der Waals surface area contributed by atoms with Gasteiger partial charge in [-0.25, -0.2) is 0 Å². The number of rotatable bonds is 9. The van der Waals surface area contributed by atoms with Gasteiger partial charge in [0.15, 0.2) is 0 Å². The van der Waals surface area contributed by atoms with Gasteiger partial charge in [-0.05, 0) is 63.3 Å². The van der Waals surface area contributed by atoms with Crippen molar-refractivity contribution in [3.8, 4) is 5.75 Å². The summed E-state index contributed by atoms with van der Waals surface area (Å²) in [5.74, 6) is 1.26. The maximum absolute atomic E-state index is 12.3. The molecule has 1 aliphatic heterocycles. The number of carbonyl (C=O) groups excluding carboxylic acids is 1. The maximum atomic E-state index is 12.3. The zero-order valence-electron chi connectivity index (χ0n) is 17.6. The Morgan fingerprint density at radius 1 is 1.03 bits per heavy atom. The van der Waals surface area contributed by atoms with E-state index in [1.165, 1.54) is 11.1 Å². The summed E-state index contributed by atoms with van der Waals surface area (Å²) < 4.78 is 5.86. The van der Waals surface area contributed by atoms with E-state index >= 15 is 0 Å². The van der Waals surface area contributed by atoms with Crippen molar-refractivity contribution in [2.45, 2.75) is 26.0 Å². The summed E-state index contributed by atoms with van der Waals surface area (Å²) in [5, 5.41) is 3.07. The van der Waals surface area contributed by atoms with E-state index in [1.807, 2.05) is 44.4 Å². The van der Waals surface area contributed by atoms with Gasteiger partial charge in [0.1, 0.15) is 12.4 Å². The Morgan fingerprint density at radius 2 is 1.72 bits per heavy atom. The summed E-state index contributed by atoms with van der Waals surface area (Å²) >= 11 is 0. The molecule has 0 bridgehead atoms. The topological polar surface area (TPSA) is 44.8 Å². The summed E-state index contributed by atoms with van der Waals surface area (Å²) in [5.41, 5.74) is 2.45. The zero-order chi connectivity index (χ0) is 20.5. The van der Waals surface area contributed by atoms with E-state index in [4.69, 9.17) is 4.74 Å². The van der Waals surface area contributed by atoms with E-state index in [0.29, 0.717) is 6.61 Å². The molecule has 2 aromatic rings. The number of hydrogen-bond acceptors (Lipinski definition) is 4. The number of amides is 1. The summed E-state index contributed by atoms with van der Waals surface area (Å²) in [7, 11) is 4.04. The predicted molar refractivity (Wildman–Crippen MR) is 117 cm³/mol. The Hall–Kier alpha value is -2.37. The van der Waals surface area contributed by atoms with E-state index in [2.05, 4.69) is 39.4 Å². The van der Waals surface area contributed by atoms with Crippen LogP contribution in [-0.4, -0.2) is 56.0 Å². The molecule has 0 unspecified atom stereocenters. The molecule has 0 aromatic heterocycles. The highest BCUT2D eigenvalue weighted by molar-refractivity contribution is 5.78. The molecule has 3 rings (SSSR count). The van der Waals surface area contributed by atoms with Crippen molar-refractivity contribution in [1.82, 2.24) is 15.1 Å². The lowest BCUT2D eigenvalue weighted by Crippen LogP contribution is -2.41. The molecular weight excluding hydrogens is 362 g/mol. The smallest absolute Gasteiger partial charge is 0.223 e. The number of nitrogens with zero attached hydrogens (tertiary/aromatic N) is 2. The Balaban J connectivity index is 1.38. The fraction of sp³-hybridized carbons (Fsp3) is 0.458. The minimum atomic E-state index is 0.155. The molecule has 1 aliphatic rings. The molecule has 0 atom stereocenters. The number of benzene rings is 2. The second kappa shape index (κ2) is 11.0. The first-order valence-corrected chi connectivity index (χ1v) is 10.5. The number of nitrogens with one attached hydrogen (secondary N) is 1. The molecule has 0 radical (unpaired) electrons. The van der Waals surface area contributed by atoms with E-state index in [1.54, 1.807) is 0 Å². The fourth-order valence-electron chi connectivity index (χ4n) is 3.59. The lowest BCUT2D eigenvalue weighted by Gasteiger charge is -2.31. The molecule has 2 aromatic carbocycles. The van der Waals surface area contributed by atoms with Crippen LogP contribution in [0.15, 0.2) is 54.6 Å². The van der Waals surface area contributed by atoms with Crippen LogP contribution in [0.4, 0.5) is 0 Å². The molecule has 29 heavy (non-hydrogen) atoms. The SMILES string of the molecule is CN(C)CCNC(=O)C1CCN(Cc2ccc(OCc3ccccc3)cc2)CC1. The highest BCUT2D eigenvalue weighted by Crippen LogP contribution is 2.20. The van der Waals surface area contributed by atoms with E-state index in [9.17, 15) is 4.79 Å². The van der Waals surface area contributed by atoms with Crippen molar-refractivity contribution >= 4 is 5.91 Å². The average molecular weight is 396 g/mol. The Kier molecular flexibility index (Phi) is 8.08. The van der Waals surface area contributed by atoms with Gasteiger partial charge in [0, 0.05) is 25.6 Å². The lowest BCUT2D eigenvalue weighted by molar-refractivity contribution is -0.126. The first-order valence-electron chi connectivity index (χ1n) is 10.5. The molecule has 5 nitrogen and oxygen atoms in total. The van der Waals surface area contributed by atoms with Gasteiger partial charge in [0.2, 0.25) is 5.91 Å². The predicted octanol–water partition coefficient (Wildman–Crippen LogP) is 3.16. The second-order valence-electron chi connectivity index (χ2n) is 8.06. The summed E-state index contributed by atoms with van der Waals surface area (Å²) in [6.45, 7) is 5.06. The first kappa shape index (κ1) is 21.3. The van der Waals surface area contributed by atoms with Crippen LogP contribution < -0.4 is 10.1 Å². The molecule has 5 heteroatoms. The van der Waals surface area contributed by atoms with Crippen LogP contribution in [-0.2, 0) is 17.9 Å². The minimum Gasteiger partial charge on any atom is -0.489 e. The molecule has 0 saturated carbocycles. The third kappa shape index (κ3) is 7.18. The van der Waals surface area contributed by atoms with E-state index < -0.39 is 0 Å².